The molecule has 26 heavy (non-hydrogen) atoms. The predicted molar refractivity (Wildman–Crippen MR) is 143 cm³/mol. The predicted octanol–water partition coefficient (Wildman–Crippen LogP) is 8.81. The summed E-state index contributed by atoms with van der Waals surface area (Å²) in [5.74, 6) is -0.300. The fourth-order valence-corrected chi connectivity index (χ4v) is 7.04. The van der Waals surface area contributed by atoms with Gasteiger partial charge in [0, 0.05) is 6.08 Å². The van der Waals surface area contributed by atoms with E-state index < -0.39 is 0.564 Å². The van der Waals surface area contributed by atoms with Gasteiger partial charge in [-0.2, -0.15) is 0 Å². The molecule has 0 bridgehead atoms. The first kappa shape index (κ1) is 27.6. The van der Waals surface area contributed by atoms with Gasteiger partial charge in [-0.15, -0.1) is 0 Å². The molecule has 0 saturated carbocycles. The zero-order valence-electron chi connectivity index (χ0n) is 16.3. The van der Waals surface area contributed by atoms with Crippen molar-refractivity contribution in [3.05, 3.63) is 12.7 Å². The first-order valence-corrected chi connectivity index (χ1v) is 21.9. The lowest BCUT2D eigenvalue weighted by Crippen LogP contribution is -2.03. The summed E-state index contributed by atoms with van der Waals surface area (Å²) in [6, 6.07) is 1.47. The van der Waals surface area contributed by atoms with Crippen LogP contribution in [-0.2, 0) is 9.53 Å². The largest absolute Gasteiger partial charge is 0.463 e. The third-order valence-corrected chi connectivity index (χ3v) is 10.3. The van der Waals surface area contributed by atoms with Gasteiger partial charge >= 0.3 is 5.97 Å². The van der Waals surface area contributed by atoms with Crippen molar-refractivity contribution in [1.82, 2.24) is 0 Å². The summed E-state index contributed by atoms with van der Waals surface area (Å²) in [5, 5.41) is 0. The van der Waals surface area contributed by atoms with Crippen LogP contribution in [0, 0.1) is 0 Å². The fourth-order valence-electron chi connectivity index (χ4n) is 2.96. The van der Waals surface area contributed by atoms with E-state index >= 15 is 0 Å². The Balaban J connectivity index is 3.07. The first-order valence-electron chi connectivity index (χ1n) is 10.3. The van der Waals surface area contributed by atoms with Crippen LogP contribution in [0.3, 0.4) is 0 Å². The third-order valence-electron chi connectivity index (χ3n) is 4.52. The van der Waals surface area contributed by atoms with Gasteiger partial charge in [0.25, 0.3) is 0.564 Å². The van der Waals surface area contributed by atoms with E-state index in [1.807, 2.05) is 0 Å². The Morgan fingerprint density at radius 1 is 0.692 bits per heavy atom. The van der Waals surface area contributed by atoms with Crippen molar-refractivity contribution >= 4 is 71.9 Å². The lowest BCUT2D eigenvalue weighted by Gasteiger charge is -2.08. The monoisotopic (exact) mass is 718 g/mol. The van der Waals surface area contributed by atoms with E-state index in [-0.39, 0.29) is 5.97 Å². The van der Waals surface area contributed by atoms with Gasteiger partial charge in [0.05, 0.1) is 6.61 Å². The molecule has 0 aromatic rings. The van der Waals surface area contributed by atoms with E-state index in [0.717, 1.165) is 6.42 Å². The number of unbranched alkanes of at least 4 members (excludes halogenated alkanes) is 14. The van der Waals surface area contributed by atoms with Crippen LogP contribution in [0.25, 0.3) is 0 Å². The van der Waals surface area contributed by atoms with Gasteiger partial charge in [-0.05, 0) is 12.5 Å². The maximum absolute atomic E-state index is 10.9. The summed E-state index contributed by atoms with van der Waals surface area (Å²) in [4.78, 5) is 10.9. The molecule has 0 aromatic carbocycles. The van der Waals surface area contributed by atoms with Gasteiger partial charge < -0.3 is 4.74 Å². The molecule has 0 radical (unpaired) electrons. The molecule has 0 aromatic heterocycles. The van der Waals surface area contributed by atoms with Crippen LogP contribution in [0.2, 0.25) is 6.04 Å². The average Bonchev–Trinajstić information content (AvgIpc) is 2.59. The number of hydrogen-bond acceptors (Lipinski definition) is 2. The van der Waals surface area contributed by atoms with Crippen molar-refractivity contribution in [2.45, 2.75) is 102 Å². The van der Waals surface area contributed by atoms with Crippen LogP contribution < -0.4 is 0 Å². The van der Waals surface area contributed by atoms with Crippen molar-refractivity contribution in [1.29, 1.82) is 0 Å². The first-order chi connectivity index (χ1) is 12.5. The van der Waals surface area contributed by atoms with Crippen molar-refractivity contribution in [3.63, 3.8) is 0 Å². The third kappa shape index (κ3) is 23.7. The molecule has 0 aliphatic rings. The van der Waals surface area contributed by atoms with Crippen LogP contribution in [0.15, 0.2) is 12.7 Å². The Bertz CT molecular complexity index is 346. The zero-order valence-corrected chi connectivity index (χ0v) is 23.7. The standard InChI is InChI=1S/C20H37I3O2Si/c1-2-20(24)25-18-16-14-12-10-8-6-4-3-5-7-9-11-13-15-17-19-26(21,22)23/h2H,1,3-19H2. The van der Waals surface area contributed by atoms with Crippen LogP contribution >= 0.6 is 65.4 Å². The number of rotatable bonds is 19. The molecule has 0 rings (SSSR count). The van der Waals surface area contributed by atoms with Crippen molar-refractivity contribution < 1.29 is 9.53 Å². The Labute approximate surface area is 201 Å². The van der Waals surface area contributed by atoms with Gasteiger partial charge in [0.2, 0.25) is 0 Å². The van der Waals surface area contributed by atoms with Crippen LogP contribution in [-0.4, -0.2) is 13.1 Å². The van der Waals surface area contributed by atoms with Gasteiger partial charge in [-0.25, -0.2) is 4.79 Å². The second kappa shape index (κ2) is 19.9. The molecule has 154 valence electrons. The minimum absolute atomic E-state index is 0.300. The van der Waals surface area contributed by atoms with E-state index in [2.05, 4.69) is 72.0 Å². The molecule has 0 aliphatic carbocycles. The second-order valence-corrected chi connectivity index (χ2v) is 43.9. The lowest BCUT2D eigenvalue weighted by molar-refractivity contribution is -0.137. The molecular formula is C20H37I3O2Si. The van der Waals surface area contributed by atoms with E-state index in [9.17, 15) is 4.79 Å². The van der Waals surface area contributed by atoms with E-state index in [0.29, 0.717) is 6.61 Å². The topological polar surface area (TPSA) is 26.3 Å². The fraction of sp³-hybridized carbons (Fsp3) is 0.850. The van der Waals surface area contributed by atoms with Gasteiger partial charge in [0.1, 0.15) is 0 Å². The highest BCUT2D eigenvalue weighted by Crippen LogP contribution is 2.35. The quantitative estimate of drug-likeness (QED) is 0.0334. The van der Waals surface area contributed by atoms with Crippen LogP contribution in [0.5, 0.6) is 0 Å². The normalized spacial score (nSPS) is 11.5. The molecule has 0 atom stereocenters. The Morgan fingerprint density at radius 3 is 1.38 bits per heavy atom. The van der Waals surface area contributed by atoms with Crippen molar-refractivity contribution in [2.75, 3.05) is 6.61 Å². The zero-order chi connectivity index (χ0) is 19.5. The molecule has 0 fully saturated rings. The molecule has 0 N–H and O–H groups in total. The molecule has 0 saturated heterocycles. The number of hydrogen-bond donors (Lipinski definition) is 0. The van der Waals surface area contributed by atoms with E-state index in [4.69, 9.17) is 4.74 Å². The highest BCUT2D eigenvalue weighted by molar-refractivity contribution is 14.4. The average molecular weight is 718 g/mol. The van der Waals surface area contributed by atoms with Crippen molar-refractivity contribution in [3.8, 4) is 0 Å². The number of halogens is 3. The summed E-state index contributed by atoms with van der Waals surface area (Å²) in [5.41, 5.74) is 0. The molecule has 2 nitrogen and oxygen atoms in total. The summed E-state index contributed by atoms with van der Waals surface area (Å²) in [6.45, 7) is 3.93. The molecule has 0 amide bonds. The van der Waals surface area contributed by atoms with Crippen LogP contribution in [0.1, 0.15) is 96.3 Å². The summed E-state index contributed by atoms with van der Waals surface area (Å²) in [7, 11) is 0. The number of ether oxygens (including phenoxy) is 1. The highest BCUT2D eigenvalue weighted by Gasteiger charge is 2.19. The molecule has 0 spiro atoms. The summed E-state index contributed by atoms with van der Waals surface area (Å²) >= 11 is 8.03. The van der Waals surface area contributed by atoms with Crippen molar-refractivity contribution in [2.24, 2.45) is 0 Å². The molecule has 6 heteroatoms. The van der Waals surface area contributed by atoms with Crippen LogP contribution in [0.4, 0.5) is 0 Å². The van der Waals surface area contributed by atoms with Gasteiger partial charge in [0.15, 0.2) is 0 Å². The molecule has 0 unspecified atom stereocenters. The van der Waals surface area contributed by atoms with Gasteiger partial charge in [-0.3, -0.25) is 0 Å². The van der Waals surface area contributed by atoms with E-state index in [1.54, 1.807) is 0 Å². The number of carbonyl (C=O) groups is 1. The Hall–Kier alpha value is 1.62. The second-order valence-electron chi connectivity index (χ2n) is 7.04. The summed E-state index contributed by atoms with van der Waals surface area (Å²) < 4.78 is 4.08. The smallest absolute Gasteiger partial charge is 0.330 e. The maximum atomic E-state index is 10.9. The Morgan fingerprint density at radius 2 is 1.04 bits per heavy atom. The Kier molecular flexibility index (Phi) is 21.2. The number of carbonyl (C=O) groups excluding carboxylic acids is 1. The summed E-state index contributed by atoms with van der Waals surface area (Å²) in [6.07, 6.45) is 21.6. The molecular weight excluding hydrogens is 681 g/mol. The highest BCUT2D eigenvalue weighted by atomic mass is 127. The molecule has 0 aliphatic heterocycles. The molecule has 0 heterocycles. The lowest BCUT2D eigenvalue weighted by atomic mass is 10.0. The van der Waals surface area contributed by atoms with E-state index in [1.165, 1.54) is 102 Å². The number of esters is 1. The minimum atomic E-state index is -0.883. The minimum Gasteiger partial charge on any atom is -0.463 e. The SMILES string of the molecule is C=CC(=O)OCCCCCCCCCCCCCCCCC[Si](I)(I)I. The van der Waals surface area contributed by atoms with Gasteiger partial charge in [-0.1, -0.05) is 162 Å². The maximum Gasteiger partial charge on any atom is 0.330 e.